The Kier molecular flexibility index (Phi) is 7.50. The van der Waals surface area contributed by atoms with Crippen LogP contribution in [0.4, 0.5) is 13.2 Å². The van der Waals surface area contributed by atoms with Gasteiger partial charge in [-0.15, -0.1) is 0 Å². The summed E-state index contributed by atoms with van der Waals surface area (Å²) in [4.78, 5) is 25.6. The fourth-order valence-electron chi connectivity index (χ4n) is 2.72. The Bertz CT molecular complexity index is 946. The van der Waals surface area contributed by atoms with Gasteiger partial charge in [-0.25, -0.2) is 4.98 Å². The summed E-state index contributed by atoms with van der Waals surface area (Å²) in [5.74, 6) is 0.576. The zero-order chi connectivity index (χ0) is 22.6. The van der Waals surface area contributed by atoms with Crippen molar-refractivity contribution in [2.45, 2.75) is 24.9 Å². The Morgan fingerprint density at radius 3 is 2.60 bits per heavy atom. The van der Waals surface area contributed by atoms with E-state index >= 15 is 0 Å². The van der Waals surface area contributed by atoms with Crippen molar-refractivity contribution in [3.63, 3.8) is 0 Å². The van der Waals surface area contributed by atoms with Crippen molar-refractivity contribution in [3.8, 4) is 11.5 Å². The molecular weight excluding hydrogens is 425 g/mol. The molecule has 0 aliphatic heterocycles. The highest BCUT2D eigenvalue weighted by atomic mass is 32.2. The molecule has 1 atom stereocenters. The van der Waals surface area contributed by atoms with Crippen molar-refractivity contribution in [1.82, 2.24) is 14.6 Å². The molecule has 0 aromatic carbocycles. The molecule has 30 heavy (non-hydrogen) atoms. The van der Waals surface area contributed by atoms with E-state index in [1.807, 2.05) is 0 Å². The van der Waals surface area contributed by atoms with E-state index < -0.39 is 23.0 Å². The minimum absolute atomic E-state index is 0.0385. The van der Waals surface area contributed by atoms with Crippen molar-refractivity contribution in [3.05, 3.63) is 35.4 Å². The Morgan fingerprint density at radius 2 is 2.10 bits per heavy atom. The van der Waals surface area contributed by atoms with Gasteiger partial charge in [-0.2, -0.15) is 18.2 Å². The normalized spacial score (nSPS) is 13.3. The topological polar surface area (TPSA) is 83.5 Å². The predicted octanol–water partition coefficient (Wildman–Crippen LogP) is 1.79. The van der Waals surface area contributed by atoms with Crippen LogP contribution < -0.4 is 9.57 Å². The number of alkyl halides is 3. The van der Waals surface area contributed by atoms with Gasteiger partial charge >= 0.3 is 11.9 Å². The number of allylic oxidation sites excluding steroid dienone is 1. The number of hydrogen-bond acceptors (Lipinski definition) is 5. The zero-order valence-electron chi connectivity index (χ0n) is 17.1. The van der Waals surface area contributed by atoms with Crippen LogP contribution >= 0.6 is 0 Å². The average Bonchev–Trinajstić information content (AvgIpc) is 3.00. The number of rotatable bonds is 8. The number of nitrogens with zero attached hydrogens (tertiary/aromatic N) is 4. The largest absolute Gasteiger partial charge is 0.611 e. The van der Waals surface area contributed by atoms with Crippen LogP contribution in [0.1, 0.15) is 18.3 Å². The summed E-state index contributed by atoms with van der Waals surface area (Å²) in [6.07, 6.45) is -2.66. The van der Waals surface area contributed by atoms with Gasteiger partial charge in [0, 0.05) is 29.6 Å². The smallest absolute Gasteiger partial charge is 0.434 e. The standard InChI is InChI=1S/C18H22F3N4O4S/c1-6-30(27)14-8-7-9-24(28-4)16(14)17-22-13(12(2)23(17)3)10-15(18(19,20)21)25(11-26)29-5/h7-11H,6H2,1-5H3/q+1/b15-10-. The molecule has 2 heterocycles. The van der Waals surface area contributed by atoms with Gasteiger partial charge in [0.1, 0.15) is 12.9 Å². The summed E-state index contributed by atoms with van der Waals surface area (Å²) in [5.41, 5.74) is -0.646. The Morgan fingerprint density at radius 1 is 1.43 bits per heavy atom. The highest BCUT2D eigenvalue weighted by molar-refractivity contribution is 7.91. The predicted molar refractivity (Wildman–Crippen MR) is 102 cm³/mol. The van der Waals surface area contributed by atoms with Crippen LogP contribution in [-0.2, 0) is 27.9 Å². The minimum atomic E-state index is -4.87. The number of amides is 1. The van der Waals surface area contributed by atoms with E-state index in [2.05, 4.69) is 9.82 Å². The molecule has 8 nitrogen and oxygen atoms in total. The third-order valence-electron chi connectivity index (χ3n) is 4.35. The second-order valence-corrected chi connectivity index (χ2v) is 7.68. The van der Waals surface area contributed by atoms with E-state index in [0.717, 1.165) is 7.11 Å². The second kappa shape index (κ2) is 9.49. The maximum atomic E-state index is 13.5. The summed E-state index contributed by atoms with van der Waals surface area (Å²) in [7, 11) is 3.96. The summed E-state index contributed by atoms with van der Waals surface area (Å²) >= 11 is -1.38. The summed E-state index contributed by atoms with van der Waals surface area (Å²) in [6, 6.07) is 3.29. The summed E-state index contributed by atoms with van der Waals surface area (Å²) in [5, 5.41) is 0.0726. The van der Waals surface area contributed by atoms with Gasteiger partial charge in [0.2, 0.25) is 23.3 Å². The number of pyridine rings is 1. The fraction of sp³-hybridized carbons (Fsp3) is 0.389. The van der Waals surface area contributed by atoms with Gasteiger partial charge in [0.05, 0.1) is 12.8 Å². The molecule has 0 saturated heterocycles. The van der Waals surface area contributed by atoms with Crippen LogP contribution in [0, 0.1) is 6.92 Å². The maximum Gasteiger partial charge on any atom is 0.434 e. The fourth-order valence-corrected chi connectivity index (χ4v) is 3.66. The molecule has 0 saturated carbocycles. The van der Waals surface area contributed by atoms with Crippen LogP contribution in [0.5, 0.6) is 0 Å². The molecule has 12 heteroatoms. The maximum absolute atomic E-state index is 13.5. The first-order valence-electron chi connectivity index (χ1n) is 8.69. The Labute approximate surface area is 174 Å². The van der Waals surface area contributed by atoms with Crippen LogP contribution in [0.2, 0.25) is 0 Å². The van der Waals surface area contributed by atoms with E-state index in [9.17, 15) is 22.5 Å². The molecule has 1 amide bonds. The lowest BCUT2D eigenvalue weighted by Gasteiger charge is -2.19. The van der Waals surface area contributed by atoms with E-state index in [1.165, 1.54) is 11.8 Å². The number of carbonyl (C=O) groups excluding carboxylic acids is 1. The first-order chi connectivity index (χ1) is 14.1. The van der Waals surface area contributed by atoms with Gasteiger partial charge in [-0.05, 0) is 31.1 Å². The van der Waals surface area contributed by atoms with E-state index in [0.29, 0.717) is 28.1 Å². The molecule has 0 aliphatic carbocycles. The van der Waals surface area contributed by atoms with Crippen molar-refractivity contribution in [1.29, 1.82) is 0 Å². The quantitative estimate of drug-likeness (QED) is 0.267. The number of carbonyl (C=O) groups is 1. The molecule has 0 aliphatic rings. The molecule has 0 radical (unpaired) electrons. The highest BCUT2D eigenvalue weighted by Gasteiger charge is 2.39. The van der Waals surface area contributed by atoms with Gasteiger partial charge in [-0.1, -0.05) is 0 Å². The molecule has 0 N–H and O–H groups in total. The Hall–Kier alpha value is -2.57. The number of imidazole rings is 1. The molecule has 2 aromatic heterocycles. The van der Waals surface area contributed by atoms with Crippen molar-refractivity contribution < 1.29 is 36.9 Å². The number of hydrogen-bond donors (Lipinski definition) is 0. The van der Waals surface area contributed by atoms with E-state index in [1.54, 1.807) is 43.8 Å². The van der Waals surface area contributed by atoms with E-state index in [4.69, 9.17) is 4.84 Å². The number of hydroxylamine groups is 2. The lowest BCUT2D eigenvalue weighted by molar-refractivity contribution is -0.878. The Balaban J connectivity index is 2.76. The molecule has 0 bridgehead atoms. The third kappa shape index (κ3) is 4.60. The third-order valence-corrected chi connectivity index (χ3v) is 5.69. The van der Waals surface area contributed by atoms with Gasteiger partial charge in [0.25, 0.3) is 0 Å². The van der Waals surface area contributed by atoms with E-state index in [-0.39, 0.29) is 23.0 Å². The molecule has 164 valence electrons. The number of halogens is 3. The van der Waals surface area contributed by atoms with Crippen molar-refractivity contribution in [2.75, 3.05) is 20.0 Å². The molecule has 2 aromatic rings. The monoisotopic (exact) mass is 447 g/mol. The SMILES string of the molecule is CC[S+]([O-])c1ccc[n+](OC)c1-c1nc(/C=C(\N(C=O)OC)C(F)(F)F)c(C)n1C. The van der Waals surface area contributed by atoms with Gasteiger partial charge < -0.3 is 9.12 Å². The zero-order valence-corrected chi connectivity index (χ0v) is 17.9. The summed E-state index contributed by atoms with van der Waals surface area (Å²) in [6.45, 7) is 3.32. The van der Waals surface area contributed by atoms with Crippen LogP contribution in [-0.4, -0.2) is 51.7 Å². The summed E-state index contributed by atoms with van der Waals surface area (Å²) < 4.78 is 55.9. The average molecular weight is 447 g/mol. The van der Waals surface area contributed by atoms with Crippen LogP contribution in [0.15, 0.2) is 28.9 Å². The van der Waals surface area contributed by atoms with Crippen LogP contribution in [0.3, 0.4) is 0 Å². The second-order valence-electron chi connectivity index (χ2n) is 5.97. The van der Waals surface area contributed by atoms with Gasteiger partial charge in [0.15, 0.2) is 5.70 Å². The van der Waals surface area contributed by atoms with Gasteiger partial charge in [-0.3, -0.25) is 14.5 Å². The first kappa shape index (κ1) is 23.7. The van der Waals surface area contributed by atoms with Crippen molar-refractivity contribution in [2.24, 2.45) is 7.05 Å². The molecule has 0 spiro atoms. The molecular formula is C18H22F3N4O4S+. The molecule has 0 fully saturated rings. The lowest BCUT2D eigenvalue weighted by Crippen LogP contribution is -2.44. The number of aromatic nitrogens is 3. The lowest BCUT2D eigenvalue weighted by atomic mass is 10.2. The highest BCUT2D eigenvalue weighted by Crippen LogP contribution is 2.32. The minimum Gasteiger partial charge on any atom is -0.611 e. The first-order valence-corrected chi connectivity index (χ1v) is 10.0. The van der Waals surface area contributed by atoms with Crippen LogP contribution in [0.25, 0.3) is 17.6 Å². The molecule has 1 unspecified atom stereocenters. The molecule has 2 rings (SSSR count). The van der Waals surface area contributed by atoms with Crippen molar-refractivity contribution >= 4 is 23.7 Å².